The van der Waals surface area contributed by atoms with Gasteiger partial charge in [-0.2, -0.15) is 4.98 Å². The van der Waals surface area contributed by atoms with Crippen LogP contribution in [0.15, 0.2) is 22.7 Å². The van der Waals surface area contributed by atoms with Gasteiger partial charge in [0.15, 0.2) is 5.82 Å². The number of aryl methyl sites for hydroxylation is 1. The first-order chi connectivity index (χ1) is 9.63. The van der Waals surface area contributed by atoms with Crippen molar-refractivity contribution in [2.24, 2.45) is 0 Å². The summed E-state index contributed by atoms with van der Waals surface area (Å²) in [6, 6.07) is 5.17. The molecule has 7 heteroatoms. The van der Waals surface area contributed by atoms with Gasteiger partial charge in [-0.3, -0.25) is 10.1 Å². The number of nitro benzene ring substituents is 1. The molecule has 3 rings (SSSR count). The lowest BCUT2D eigenvalue weighted by Gasteiger charge is -2.00. The van der Waals surface area contributed by atoms with E-state index in [1.165, 1.54) is 25.0 Å². The van der Waals surface area contributed by atoms with Gasteiger partial charge >= 0.3 is 0 Å². The van der Waals surface area contributed by atoms with Crippen LogP contribution in [0.4, 0.5) is 5.69 Å². The fraction of sp³-hybridized carbons (Fsp3) is 0.385. The summed E-state index contributed by atoms with van der Waals surface area (Å²) >= 11 is 0. The number of nitro groups is 1. The zero-order valence-corrected chi connectivity index (χ0v) is 11.0. The van der Waals surface area contributed by atoms with E-state index in [0.717, 1.165) is 5.56 Å². The van der Waals surface area contributed by atoms with E-state index in [0.29, 0.717) is 29.9 Å². The molecule has 1 aliphatic carbocycles. The zero-order valence-electron chi connectivity index (χ0n) is 11.0. The van der Waals surface area contributed by atoms with Crippen molar-refractivity contribution in [1.82, 2.24) is 15.5 Å². The van der Waals surface area contributed by atoms with Gasteiger partial charge in [-0.25, -0.2) is 0 Å². The molecule has 0 unspecified atom stereocenters. The Labute approximate surface area is 115 Å². The van der Waals surface area contributed by atoms with Gasteiger partial charge in [-0.15, -0.1) is 0 Å². The fourth-order valence-electron chi connectivity index (χ4n) is 1.91. The highest BCUT2D eigenvalue weighted by Crippen LogP contribution is 2.26. The third kappa shape index (κ3) is 2.67. The predicted octanol–water partition coefficient (Wildman–Crippen LogP) is 2.21. The molecule has 1 aromatic heterocycles. The molecule has 0 atom stereocenters. The van der Waals surface area contributed by atoms with Crippen LogP contribution in [0.25, 0.3) is 11.5 Å². The van der Waals surface area contributed by atoms with Crippen molar-refractivity contribution in [1.29, 1.82) is 0 Å². The van der Waals surface area contributed by atoms with Gasteiger partial charge in [0.2, 0.25) is 0 Å². The Morgan fingerprint density at radius 1 is 1.50 bits per heavy atom. The first kappa shape index (κ1) is 12.7. The molecule has 0 bridgehead atoms. The monoisotopic (exact) mass is 274 g/mol. The smallest absolute Gasteiger partial charge is 0.270 e. The maximum absolute atomic E-state index is 10.8. The molecule has 1 N–H and O–H groups in total. The van der Waals surface area contributed by atoms with E-state index >= 15 is 0 Å². The van der Waals surface area contributed by atoms with Crippen LogP contribution in [0, 0.1) is 17.0 Å². The van der Waals surface area contributed by atoms with Crippen LogP contribution in [-0.2, 0) is 6.54 Å². The van der Waals surface area contributed by atoms with Crippen molar-refractivity contribution in [3.05, 3.63) is 39.7 Å². The molecular formula is C13H14N4O3. The summed E-state index contributed by atoms with van der Waals surface area (Å²) in [6.45, 7) is 2.41. The van der Waals surface area contributed by atoms with Gasteiger partial charge in [0.25, 0.3) is 11.6 Å². The average molecular weight is 274 g/mol. The molecule has 7 nitrogen and oxygen atoms in total. The van der Waals surface area contributed by atoms with Crippen LogP contribution in [0.3, 0.4) is 0 Å². The predicted molar refractivity (Wildman–Crippen MR) is 71.0 cm³/mol. The van der Waals surface area contributed by atoms with Crippen LogP contribution in [0.2, 0.25) is 0 Å². The Morgan fingerprint density at radius 3 is 3.00 bits per heavy atom. The topological polar surface area (TPSA) is 94.1 Å². The van der Waals surface area contributed by atoms with E-state index in [4.69, 9.17) is 4.52 Å². The molecule has 104 valence electrons. The van der Waals surface area contributed by atoms with E-state index < -0.39 is 4.92 Å². The molecule has 0 amide bonds. The fourth-order valence-corrected chi connectivity index (χ4v) is 1.91. The van der Waals surface area contributed by atoms with Crippen molar-refractivity contribution in [2.75, 3.05) is 0 Å². The molecule has 1 aliphatic rings. The lowest BCUT2D eigenvalue weighted by molar-refractivity contribution is -0.384. The number of rotatable bonds is 5. The van der Waals surface area contributed by atoms with Gasteiger partial charge in [0.05, 0.1) is 11.5 Å². The number of hydrogen-bond acceptors (Lipinski definition) is 6. The van der Waals surface area contributed by atoms with Crippen LogP contribution in [0.5, 0.6) is 0 Å². The third-order valence-corrected chi connectivity index (χ3v) is 3.26. The van der Waals surface area contributed by atoms with E-state index in [2.05, 4.69) is 15.5 Å². The lowest BCUT2D eigenvalue weighted by Crippen LogP contribution is -2.16. The number of nitrogens with zero attached hydrogens (tertiary/aromatic N) is 3. The normalized spacial score (nSPS) is 14.4. The van der Waals surface area contributed by atoms with E-state index in [-0.39, 0.29) is 5.69 Å². The minimum atomic E-state index is -0.436. The number of aromatic nitrogens is 2. The molecule has 2 aromatic rings. The summed E-state index contributed by atoms with van der Waals surface area (Å²) in [4.78, 5) is 14.7. The maximum Gasteiger partial charge on any atom is 0.270 e. The minimum absolute atomic E-state index is 0.0152. The van der Waals surface area contributed by atoms with Crippen molar-refractivity contribution in [3.8, 4) is 11.5 Å². The minimum Gasteiger partial charge on any atom is -0.334 e. The Kier molecular flexibility index (Phi) is 3.19. The van der Waals surface area contributed by atoms with E-state index in [1.54, 1.807) is 6.07 Å². The molecule has 1 heterocycles. The standard InChI is InChI=1S/C13H14N4O3/c1-8-2-5-10(17(18)19)6-11(8)13-15-12(16-20-13)7-14-9-3-4-9/h2,5-6,9,14H,3-4,7H2,1H3. The lowest BCUT2D eigenvalue weighted by atomic mass is 10.1. The SMILES string of the molecule is Cc1ccc([N+](=O)[O-])cc1-c1nc(CNC2CC2)no1. The van der Waals surface area contributed by atoms with Crippen LogP contribution < -0.4 is 5.32 Å². The van der Waals surface area contributed by atoms with Crippen LogP contribution in [-0.4, -0.2) is 21.1 Å². The second-order valence-corrected chi connectivity index (χ2v) is 4.93. The third-order valence-electron chi connectivity index (χ3n) is 3.26. The largest absolute Gasteiger partial charge is 0.334 e. The second kappa shape index (κ2) is 5.01. The molecule has 1 aromatic carbocycles. The molecule has 0 saturated heterocycles. The summed E-state index contributed by atoms with van der Waals surface area (Å²) in [5, 5.41) is 18.0. The first-order valence-corrected chi connectivity index (χ1v) is 6.45. The number of hydrogen-bond donors (Lipinski definition) is 1. The zero-order chi connectivity index (χ0) is 14.1. The Bertz CT molecular complexity index is 649. The Morgan fingerprint density at radius 2 is 2.30 bits per heavy atom. The quantitative estimate of drug-likeness (QED) is 0.663. The van der Waals surface area contributed by atoms with Crippen molar-refractivity contribution in [3.63, 3.8) is 0 Å². The van der Waals surface area contributed by atoms with Gasteiger partial charge in [0.1, 0.15) is 0 Å². The van der Waals surface area contributed by atoms with Crippen molar-refractivity contribution in [2.45, 2.75) is 32.4 Å². The number of non-ortho nitro benzene ring substituents is 1. The maximum atomic E-state index is 10.8. The molecule has 0 spiro atoms. The van der Waals surface area contributed by atoms with Gasteiger partial charge in [-0.1, -0.05) is 11.2 Å². The summed E-state index contributed by atoms with van der Waals surface area (Å²) in [7, 11) is 0. The highest BCUT2D eigenvalue weighted by molar-refractivity contribution is 5.62. The summed E-state index contributed by atoms with van der Waals surface area (Å²) in [5.41, 5.74) is 1.48. The summed E-state index contributed by atoms with van der Waals surface area (Å²) in [5.74, 6) is 0.886. The highest BCUT2D eigenvalue weighted by atomic mass is 16.6. The van der Waals surface area contributed by atoms with E-state index in [1.807, 2.05) is 6.92 Å². The Balaban J connectivity index is 1.83. The van der Waals surface area contributed by atoms with Gasteiger partial charge < -0.3 is 9.84 Å². The second-order valence-electron chi connectivity index (χ2n) is 4.93. The molecule has 0 aliphatic heterocycles. The molecule has 1 saturated carbocycles. The molecular weight excluding hydrogens is 260 g/mol. The molecule has 20 heavy (non-hydrogen) atoms. The van der Waals surface area contributed by atoms with Crippen LogP contribution in [0.1, 0.15) is 24.2 Å². The van der Waals surface area contributed by atoms with E-state index in [9.17, 15) is 10.1 Å². The van der Waals surface area contributed by atoms with Crippen LogP contribution >= 0.6 is 0 Å². The average Bonchev–Trinajstić information content (AvgIpc) is 3.14. The molecule has 1 fully saturated rings. The first-order valence-electron chi connectivity index (χ1n) is 6.45. The molecule has 0 radical (unpaired) electrons. The van der Waals surface area contributed by atoms with Crippen molar-refractivity contribution >= 4 is 5.69 Å². The van der Waals surface area contributed by atoms with Gasteiger partial charge in [-0.05, 0) is 25.3 Å². The highest BCUT2D eigenvalue weighted by Gasteiger charge is 2.21. The van der Waals surface area contributed by atoms with Gasteiger partial charge in [0, 0.05) is 23.7 Å². The van der Waals surface area contributed by atoms with Crippen molar-refractivity contribution < 1.29 is 9.45 Å². The summed E-state index contributed by atoms with van der Waals surface area (Å²) < 4.78 is 5.20. The number of benzene rings is 1. The Hall–Kier alpha value is -2.28. The number of nitrogens with one attached hydrogen (secondary N) is 1. The summed E-state index contributed by atoms with van der Waals surface area (Å²) in [6.07, 6.45) is 2.38.